The third-order valence-corrected chi connectivity index (χ3v) is 4.29. The molecule has 1 aromatic rings. The summed E-state index contributed by atoms with van der Waals surface area (Å²) in [6.45, 7) is 5.26. The second kappa shape index (κ2) is 7.09. The van der Waals surface area contributed by atoms with Crippen molar-refractivity contribution in [1.29, 1.82) is 0 Å². The standard InChI is InChI=1S/C17H25NO2/c1-2-10-18(9-1)11-13-20-16-7-5-15(6-8-16)14-17-4-3-12-19-17/h5-8,17H,1-4,9-14H2/t17-/m1/s1. The van der Waals surface area contributed by atoms with Gasteiger partial charge in [0.2, 0.25) is 0 Å². The molecule has 2 heterocycles. The Morgan fingerprint density at radius 2 is 1.90 bits per heavy atom. The van der Waals surface area contributed by atoms with Crippen molar-refractivity contribution in [1.82, 2.24) is 4.90 Å². The van der Waals surface area contributed by atoms with E-state index < -0.39 is 0 Å². The van der Waals surface area contributed by atoms with Gasteiger partial charge in [-0.05, 0) is 62.9 Å². The second-order valence-electron chi connectivity index (χ2n) is 5.88. The Kier molecular flexibility index (Phi) is 4.93. The highest BCUT2D eigenvalue weighted by atomic mass is 16.5. The topological polar surface area (TPSA) is 21.7 Å². The quantitative estimate of drug-likeness (QED) is 0.797. The van der Waals surface area contributed by atoms with E-state index in [9.17, 15) is 0 Å². The fraction of sp³-hybridized carbons (Fsp3) is 0.647. The van der Waals surface area contributed by atoms with E-state index in [0.29, 0.717) is 6.10 Å². The van der Waals surface area contributed by atoms with Gasteiger partial charge in [-0.25, -0.2) is 0 Å². The van der Waals surface area contributed by atoms with Gasteiger partial charge in [-0.3, -0.25) is 4.90 Å². The summed E-state index contributed by atoms with van der Waals surface area (Å²) >= 11 is 0. The zero-order chi connectivity index (χ0) is 13.6. The second-order valence-corrected chi connectivity index (χ2v) is 5.88. The van der Waals surface area contributed by atoms with Crippen molar-refractivity contribution in [2.24, 2.45) is 0 Å². The third-order valence-electron chi connectivity index (χ3n) is 4.29. The molecule has 2 fully saturated rings. The monoisotopic (exact) mass is 275 g/mol. The zero-order valence-electron chi connectivity index (χ0n) is 12.2. The molecule has 0 aromatic heterocycles. The molecule has 3 heteroatoms. The maximum Gasteiger partial charge on any atom is 0.119 e. The summed E-state index contributed by atoms with van der Waals surface area (Å²) in [6.07, 6.45) is 6.57. The van der Waals surface area contributed by atoms with Gasteiger partial charge in [0, 0.05) is 13.2 Å². The molecule has 1 atom stereocenters. The molecule has 3 nitrogen and oxygen atoms in total. The van der Waals surface area contributed by atoms with Gasteiger partial charge in [0.15, 0.2) is 0 Å². The average molecular weight is 275 g/mol. The van der Waals surface area contributed by atoms with E-state index in [0.717, 1.165) is 31.9 Å². The van der Waals surface area contributed by atoms with Crippen LogP contribution in [0.4, 0.5) is 0 Å². The third kappa shape index (κ3) is 3.97. The molecule has 1 aromatic carbocycles. The predicted octanol–water partition coefficient (Wildman–Crippen LogP) is 2.88. The molecule has 2 aliphatic heterocycles. The van der Waals surface area contributed by atoms with Crippen molar-refractivity contribution >= 4 is 0 Å². The lowest BCUT2D eigenvalue weighted by atomic mass is 10.1. The van der Waals surface area contributed by atoms with Crippen LogP contribution in [0.15, 0.2) is 24.3 Å². The number of hydrogen-bond donors (Lipinski definition) is 0. The maximum atomic E-state index is 5.82. The first-order valence-corrected chi connectivity index (χ1v) is 7.96. The van der Waals surface area contributed by atoms with E-state index in [1.807, 2.05) is 0 Å². The lowest BCUT2D eigenvalue weighted by Crippen LogP contribution is -2.25. The molecule has 20 heavy (non-hydrogen) atoms. The molecular formula is C17H25NO2. The number of ether oxygens (including phenoxy) is 2. The lowest BCUT2D eigenvalue weighted by molar-refractivity contribution is 0.111. The molecule has 0 unspecified atom stereocenters. The highest BCUT2D eigenvalue weighted by Gasteiger charge is 2.15. The molecule has 0 bridgehead atoms. The van der Waals surface area contributed by atoms with Crippen LogP contribution in [0, 0.1) is 0 Å². The number of nitrogens with zero attached hydrogens (tertiary/aromatic N) is 1. The summed E-state index contributed by atoms with van der Waals surface area (Å²) in [5, 5.41) is 0. The Morgan fingerprint density at radius 3 is 2.60 bits per heavy atom. The van der Waals surface area contributed by atoms with Crippen LogP contribution >= 0.6 is 0 Å². The minimum atomic E-state index is 0.428. The highest BCUT2D eigenvalue weighted by molar-refractivity contribution is 5.27. The molecule has 0 radical (unpaired) electrons. The van der Waals surface area contributed by atoms with Gasteiger partial charge in [0.1, 0.15) is 12.4 Å². The van der Waals surface area contributed by atoms with E-state index >= 15 is 0 Å². The smallest absolute Gasteiger partial charge is 0.119 e. The molecule has 0 saturated carbocycles. The Morgan fingerprint density at radius 1 is 1.10 bits per heavy atom. The fourth-order valence-corrected chi connectivity index (χ4v) is 3.09. The summed E-state index contributed by atoms with van der Waals surface area (Å²) in [6, 6.07) is 8.53. The average Bonchev–Trinajstić information content (AvgIpc) is 3.14. The molecular weight excluding hydrogens is 250 g/mol. The summed E-state index contributed by atoms with van der Waals surface area (Å²) in [5.41, 5.74) is 1.35. The Balaban J connectivity index is 1.41. The van der Waals surface area contributed by atoms with Gasteiger partial charge in [0.25, 0.3) is 0 Å². The van der Waals surface area contributed by atoms with Crippen LogP contribution in [0.3, 0.4) is 0 Å². The van der Waals surface area contributed by atoms with E-state index in [1.54, 1.807) is 0 Å². The van der Waals surface area contributed by atoms with E-state index in [2.05, 4.69) is 29.2 Å². The van der Waals surface area contributed by atoms with Gasteiger partial charge in [0.05, 0.1) is 6.10 Å². The Bertz CT molecular complexity index is 392. The van der Waals surface area contributed by atoms with Gasteiger partial charge in [-0.2, -0.15) is 0 Å². The van der Waals surface area contributed by atoms with Crippen molar-refractivity contribution in [2.75, 3.05) is 32.8 Å². The van der Waals surface area contributed by atoms with Crippen molar-refractivity contribution in [3.8, 4) is 5.75 Å². The zero-order valence-corrected chi connectivity index (χ0v) is 12.2. The molecule has 110 valence electrons. The normalized spacial score (nSPS) is 23.3. The van der Waals surface area contributed by atoms with Gasteiger partial charge >= 0.3 is 0 Å². The van der Waals surface area contributed by atoms with Crippen LogP contribution in [0.5, 0.6) is 5.75 Å². The highest BCUT2D eigenvalue weighted by Crippen LogP contribution is 2.19. The van der Waals surface area contributed by atoms with Crippen LogP contribution in [0.2, 0.25) is 0 Å². The molecule has 2 aliphatic rings. The van der Waals surface area contributed by atoms with Crippen LogP contribution in [-0.2, 0) is 11.2 Å². The van der Waals surface area contributed by atoms with Crippen molar-refractivity contribution in [3.05, 3.63) is 29.8 Å². The first kappa shape index (κ1) is 13.9. The van der Waals surface area contributed by atoms with Crippen LogP contribution in [-0.4, -0.2) is 43.9 Å². The minimum absolute atomic E-state index is 0.428. The lowest BCUT2D eigenvalue weighted by Gasteiger charge is -2.15. The van der Waals surface area contributed by atoms with Gasteiger partial charge in [-0.15, -0.1) is 0 Å². The summed E-state index contributed by atoms with van der Waals surface area (Å²) in [4.78, 5) is 2.48. The summed E-state index contributed by atoms with van der Waals surface area (Å²) in [7, 11) is 0. The molecule has 0 spiro atoms. The van der Waals surface area contributed by atoms with E-state index in [4.69, 9.17) is 9.47 Å². The Labute approximate surface area is 121 Å². The van der Waals surface area contributed by atoms with Crippen molar-refractivity contribution in [3.63, 3.8) is 0 Å². The van der Waals surface area contributed by atoms with Crippen LogP contribution in [0.25, 0.3) is 0 Å². The first-order valence-electron chi connectivity index (χ1n) is 7.96. The van der Waals surface area contributed by atoms with E-state index in [1.165, 1.54) is 44.3 Å². The number of hydrogen-bond acceptors (Lipinski definition) is 3. The fourth-order valence-electron chi connectivity index (χ4n) is 3.09. The number of rotatable bonds is 6. The van der Waals surface area contributed by atoms with Gasteiger partial charge < -0.3 is 9.47 Å². The van der Waals surface area contributed by atoms with Crippen LogP contribution in [0.1, 0.15) is 31.2 Å². The summed E-state index contributed by atoms with van der Waals surface area (Å²) < 4.78 is 11.5. The minimum Gasteiger partial charge on any atom is -0.492 e. The summed E-state index contributed by atoms with van der Waals surface area (Å²) in [5.74, 6) is 0.986. The molecule has 0 amide bonds. The van der Waals surface area contributed by atoms with Crippen LogP contribution < -0.4 is 4.74 Å². The Hall–Kier alpha value is -1.06. The first-order chi connectivity index (χ1) is 9.90. The van der Waals surface area contributed by atoms with Crippen molar-refractivity contribution < 1.29 is 9.47 Å². The predicted molar refractivity (Wildman–Crippen MR) is 80.3 cm³/mol. The number of benzene rings is 1. The molecule has 3 rings (SSSR count). The maximum absolute atomic E-state index is 5.82. The van der Waals surface area contributed by atoms with E-state index in [-0.39, 0.29) is 0 Å². The number of likely N-dealkylation sites (tertiary alicyclic amines) is 1. The van der Waals surface area contributed by atoms with Gasteiger partial charge in [-0.1, -0.05) is 12.1 Å². The SMILES string of the molecule is c1cc(OCCN2CCCC2)ccc1C[C@H]1CCCO1. The molecule has 0 N–H and O–H groups in total. The van der Waals surface area contributed by atoms with Crippen molar-refractivity contribution in [2.45, 2.75) is 38.2 Å². The largest absolute Gasteiger partial charge is 0.492 e. The molecule has 2 saturated heterocycles. The molecule has 0 aliphatic carbocycles.